The SMILES string of the molecule is NC(=O)c1cc(Br)ccc1Nc1ccccc1. The van der Waals surface area contributed by atoms with Crippen LogP contribution >= 0.6 is 15.9 Å². The van der Waals surface area contributed by atoms with Gasteiger partial charge in [0.05, 0.1) is 11.3 Å². The normalized spacial score (nSPS) is 9.94. The summed E-state index contributed by atoms with van der Waals surface area (Å²) in [6.45, 7) is 0. The Hall–Kier alpha value is -1.81. The van der Waals surface area contributed by atoms with Crippen LogP contribution in [-0.2, 0) is 0 Å². The second-order valence-corrected chi connectivity index (χ2v) is 4.46. The third-order valence-electron chi connectivity index (χ3n) is 2.30. The van der Waals surface area contributed by atoms with Crippen molar-refractivity contribution in [2.24, 2.45) is 5.73 Å². The number of nitrogens with two attached hydrogens (primary N) is 1. The monoisotopic (exact) mass is 290 g/mol. The van der Waals surface area contributed by atoms with Gasteiger partial charge in [-0.1, -0.05) is 34.1 Å². The molecule has 0 unspecified atom stereocenters. The fourth-order valence-corrected chi connectivity index (χ4v) is 1.87. The van der Waals surface area contributed by atoms with Crippen molar-refractivity contribution in [3.8, 4) is 0 Å². The number of carbonyl (C=O) groups excluding carboxylic acids is 1. The lowest BCUT2D eigenvalue weighted by atomic mass is 10.1. The zero-order valence-corrected chi connectivity index (χ0v) is 10.6. The van der Waals surface area contributed by atoms with Crippen molar-refractivity contribution >= 4 is 33.2 Å². The van der Waals surface area contributed by atoms with Crippen molar-refractivity contribution in [1.29, 1.82) is 0 Å². The number of rotatable bonds is 3. The van der Waals surface area contributed by atoms with Crippen molar-refractivity contribution in [2.45, 2.75) is 0 Å². The molecule has 0 aliphatic rings. The van der Waals surface area contributed by atoms with E-state index in [9.17, 15) is 4.79 Å². The van der Waals surface area contributed by atoms with Crippen LogP contribution in [0.3, 0.4) is 0 Å². The molecule has 2 aromatic rings. The fraction of sp³-hybridized carbons (Fsp3) is 0. The summed E-state index contributed by atoms with van der Waals surface area (Å²) in [5.74, 6) is -0.454. The Morgan fingerprint density at radius 2 is 1.82 bits per heavy atom. The Morgan fingerprint density at radius 1 is 1.12 bits per heavy atom. The molecule has 0 atom stereocenters. The van der Waals surface area contributed by atoms with Crippen molar-refractivity contribution in [3.63, 3.8) is 0 Å². The number of para-hydroxylation sites is 1. The Balaban J connectivity index is 2.36. The number of hydrogen-bond donors (Lipinski definition) is 2. The average Bonchev–Trinajstić information content (AvgIpc) is 2.32. The lowest BCUT2D eigenvalue weighted by Crippen LogP contribution is -2.13. The first-order chi connectivity index (χ1) is 8.16. The van der Waals surface area contributed by atoms with E-state index in [1.165, 1.54) is 0 Å². The van der Waals surface area contributed by atoms with Gasteiger partial charge in [-0.2, -0.15) is 0 Å². The number of anilines is 2. The summed E-state index contributed by atoms with van der Waals surface area (Å²) in [6, 6.07) is 15.0. The highest BCUT2D eigenvalue weighted by molar-refractivity contribution is 9.10. The van der Waals surface area contributed by atoms with E-state index < -0.39 is 5.91 Å². The second-order valence-electron chi connectivity index (χ2n) is 3.55. The van der Waals surface area contributed by atoms with E-state index in [0.29, 0.717) is 11.3 Å². The number of benzene rings is 2. The molecule has 17 heavy (non-hydrogen) atoms. The minimum absolute atomic E-state index is 0.454. The molecule has 86 valence electrons. The van der Waals surface area contributed by atoms with E-state index >= 15 is 0 Å². The molecule has 0 bridgehead atoms. The molecule has 0 spiro atoms. The molecule has 0 saturated carbocycles. The minimum Gasteiger partial charge on any atom is -0.366 e. The topological polar surface area (TPSA) is 55.1 Å². The van der Waals surface area contributed by atoms with Crippen LogP contribution in [0.5, 0.6) is 0 Å². The molecule has 0 aliphatic heterocycles. The van der Waals surface area contributed by atoms with Gasteiger partial charge >= 0.3 is 0 Å². The number of amides is 1. The quantitative estimate of drug-likeness (QED) is 0.911. The van der Waals surface area contributed by atoms with Crippen molar-refractivity contribution in [3.05, 3.63) is 58.6 Å². The molecule has 4 heteroatoms. The van der Waals surface area contributed by atoms with Gasteiger partial charge in [0.25, 0.3) is 5.91 Å². The molecule has 0 fully saturated rings. The molecule has 1 amide bonds. The van der Waals surface area contributed by atoms with E-state index in [2.05, 4.69) is 21.2 Å². The van der Waals surface area contributed by atoms with E-state index in [1.807, 2.05) is 42.5 Å². The summed E-state index contributed by atoms with van der Waals surface area (Å²) in [4.78, 5) is 11.3. The third-order valence-corrected chi connectivity index (χ3v) is 2.79. The van der Waals surface area contributed by atoms with E-state index in [4.69, 9.17) is 5.73 Å². The first kappa shape index (κ1) is 11.7. The predicted molar refractivity (Wildman–Crippen MR) is 72.4 cm³/mol. The first-order valence-corrected chi connectivity index (χ1v) is 5.87. The molecule has 2 rings (SSSR count). The van der Waals surface area contributed by atoms with E-state index in [1.54, 1.807) is 6.07 Å². The number of nitrogens with one attached hydrogen (secondary N) is 1. The van der Waals surface area contributed by atoms with Crippen LogP contribution in [0, 0.1) is 0 Å². The van der Waals surface area contributed by atoms with E-state index in [0.717, 1.165) is 10.2 Å². The molecule has 0 aliphatic carbocycles. The Morgan fingerprint density at radius 3 is 2.47 bits per heavy atom. The molecule has 2 aromatic carbocycles. The van der Waals surface area contributed by atoms with E-state index in [-0.39, 0.29) is 0 Å². The number of primary amides is 1. The molecule has 0 radical (unpaired) electrons. The highest BCUT2D eigenvalue weighted by Crippen LogP contribution is 2.24. The highest BCUT2D eigenvalue weighted by atomic mass is 79.9. The van der Waals surface area contributed by atoms with Gasteiger partial charge in [-0.15, -0.1) is 0 Å². The van der Waals surface area contributed by atoms with Crippen molar-refractivity contribution < 1.29 is 4.79 Å². The first-order valence-electron chi connectivity index (χ1n) is 5.08. The molecule has 3 N–H and O–H groups in total. The summed E-state index contributed by atoms with van der Waals surface area (Å²) >= 11 is 3.31. The van der Waals surface area contributed by atoms with Crippen LogP contribution in [0.1, 0.15) is 10.4 Å². The molecular formula is C13H11BrN2O. The number of carbonyl (C=O) groups is 1. The molecule has 0 saturated heterocycles. The van der Waals surface area contributed by atoms with Crippen LogP contribution in [0.15, 0.2) is 53.0 Å². The lowest BCUT2D eigenvalue weighted by molar-refractivity contribution is 0.100. The summed E-state index contributed by atoms with van der Waals surface area (Å²) in [7, 11) is 0. The summed E-state index contributed by atoms with van der Waals surface area (Å²) < 4.78 is 0.824. The summed E-state index contributed by atoms with van der Waals surface area (Å²) in [5.41, 5.74) is 7.41. The summed E-state index contributed by atoms with van der Waals surface area (Å²) in [6.07, 6.45) is 0. The molecule has 0 heterocycles. The molecule has 0 aromatic heterocycles. The van der Waals surface area contributed by atoms with Crippen LogP contribution in [0.2, 0.25) is 0 Å². The molecule has 3 nitrogen and oxygen atoms in total. The minimum atomic E-state index is -0.454. The lowest BCUT2D eigenvalue weighted by Gasteiger charge is -2.10. The van der Waals surface area contributed by atoms with Gasteiger partial charge in [0.15, 0.2) is 0 Å². The maximum Gasteiger partial charge on any atom is 0.250 e. The van der Waals surface area contributed by atoms with Crippen LogP contribution in [0.25, 0.3) is 0 Å². The third kappa shape index (κ3) is 2.85. The maximum absolute atomic E-state index is 11.3. The zero-order valence-electron chi connectivity index (χ0n) is 8.98. The van der Waals surface area contributed by atoms with Gasteiger partial charge in [-0.25, -0.2) is 0 Å². The Kier molecular flexibility index (Phi) is 3.44. The van der Waals surface area contributed by atoms with Gasteiger partial charge in [0.2, 0.25) is 0 Å². The largest absolute Gasteiger partial charge is 0.366 e. The average molecular weight is 291 g/mol. The van der Waals surface area contributed by atoms with Crippen LogP contribution < -0.4 is 11.1 Å². The van der Waals surface area contributed by atoms with Crippen LogP contribution in [-0.4, -0.2) is 5.91 Å². The Bertz CT molecular complexity index is 540. The summed E-state index contributed by atoms with van der Waals surface area (Å²) in [5, 5.41) is 3.16. The maximum atomic E-state index is 11.3. The molecular weight excluding hydrogens is 280 g/mol. The highest BCUT2D eigenvalue weighted by Gasteiger charge is 2.08. The standard InChI is InChI=1S/C13H11BrN2O/c14-9-6-7-12(11(8-9)13(15)17)16-10-4-2-1-3-5-10/h1-8,16H,(H2,15,17). The second kappa shape index (κ2) is 5.01. The van der Waals surface area contributed by atoms with Crippen molar-refractivity contribution in [1.82, 2.24) is 0 Å². The number of hydrogen-bond acceptors (Lipinski definition) is 2. The van der Waals surface area contributed by atoms with Gasteiger partial charge < -0.3 is 11.1 Å². The van der Waals surface area contributed by atoms with Crippen molar-refractivity contribution in [2.75, 3.05) is 5.32 Å². The fourth-order valence-electron chi connectivity index (χ4n) is 1.51. The Labute approximate surface area is 108 Å². The predicted octanol–water partition coefficient (Wildman–Crippen LogP) is 3.29. The van der Waals surface area contributed by atoms with Crippen LogP contribution in [0.4, 0.5) is 11.4 Å². The van der Waals surface area contributed by atoms with Gasteiger partial charge in [0, 0.05) is 10.2 Å². The van der Waals surface area contributed by atoms with Gasteiger partial charge in [-0.05, 0) is 30.3 Å². The smallest absolute Gasteiger partial charge is 0.250 e. The number of halogens is 1. The zero-order chi connectivity index (χ0) is 12.3. The van der Waals surface area contributed by atoms with Gasteiger partial charge in [0.1, 0.15) is 0 Å². The van der Waals surface area contributed by atoms with Gasteiger partial charge in [-0.3, -0.25) is 4.79 Å².